The summed E-state index contributed by atoms with van der Waals surface area (Å²) in [6.07, 6.45) is 1.74. The Morgan fingerprint density at radius 2 is 2.00 bits per heavy atom. The van der Waals surface area contributed by atoms with Crippen molar-refractivity contribution in [2.45, 2.75) is 38.8 Å². The highest BCUT2D eigenvalue weighted by molar-refractivity contribution is 4.78. The van der Waals surface area contributed by atoms with E-state index in [1.165, 1.54) is 6.42 Å². The monoisotopic (exact) mass is 157 g/mol. The minimum absolute atomic E-state index is 0.277. The second-order valence-corrected chi connectivity index (χ2v) is 4.33. The molecule has 0 aromatic heterocycles. The fourth-order valence-corrected chi connectivity index (χ4v) is 1.01. The quantitative estimate of drug-likeness (QED) is 0.602. The molecule has 66 valence electrons. The highest BCUT2D eigenvalue weighted by atomic mass is 16.5. The van der Waals surface area contributed by atoms with Crippen LogP contribution in [-0.2, 0) is 4.74 Å². The van der Waals surface area contributed by atoms with Crippen LogP contribution in [0.1, 0.15) is 27.2 Å². The van der Waals surface area contributed by atoms with E-state index in [1.54, 1.807) is 0 Å². The van der Waals surface area contributed by atoms with Gasteiger partial charge >= 0.3 is 0 Å². The van der Waals surface area contributed by atoms with Crippen LogP contribution in [-0.4, -0.2) is 36.7 Å². The molecule has 2 nitrogen and oxygen atoms in total. The summed E-state index contributed by atoms with van der Waals surface area (Å²) in [5, 5.41) is 0. The standard InChI is InChI=1S/C9H19NO/c1-9(2,3)10(4)7-8-5-6-11-8/h8H,5-7H2,1-4H3/t8-/m0/s1. The van der Waals surface area contributed by atoms with Crippen LogP contribution in [0.5, 0.6) is 0 Å². The van der Waals surface area contributed by atoms with Crippen LogP contribution in [0.25, 0.3) is 0 Å². The van der Waals surface area contributed by atoms with Crippen molar-refractivity contribution >= 4 is 0 Å². The first kappa shape index (κ1) is 9.01. The van der Waals surface area contributed by atoms with Gasteiger partial charge in [0.05, 0.1) is 6.10 Å². The van der Waals surface area contributed by atoms with Gasteiger partial charge in [0.15, 0.2) is 0 Å². The zero-order chi connectivity index (χ0) is 8.48. The van der Waals surface area contributed by atoms with E-state index >= 15 is 0 Å². The van der Waals surface area contributed by atoms with Crippen LogP contribution in [0.4, 0.5) is 0 Å². The highest BCUT2D eigenvalue weighted by Crippen LogP contribution is 2.17. The molecule has 0 spiro atoms. The molecule has 1 fully saturated rings. The first-order valence-corrected chi connectivity index (χ1v) is 4.33. The van der Waals surface area contributed by atoms with Gasteiger partial charge in [0.25, 0.3) is 0 Å². The molecular weight excluding hydrogens is 138 g/mol. The summed E-state index contributed by atoms with van der Waals surface area (Å²) in [4.78, 5) is 2.34. The van der Waals surface area contributed by atoms with Gasteiger partial charge in [-0.25, -0.2) is 0 Å². The van der Waals surface area contributed by atoms with E-state index in [0.29, 0.717) is 6.10 Å². The predicted molar refractivity (Wildman–Crippen MR) is 46.7 cm³/mol. The van der Waals surface area contributed by atoms with E-state index in [0.717, 1.165) is 13.2 Å². The molecule has 1 atom stereocenters. The van der Waals surface area contributed by atoms with Gasteiger partial charge in [0, 0.05) is 18.7 Å². The molecule has 0 unspecified atom stereocenters. The van der Waals surface area contributed by atoms with Gasteiger partial charge in [-0.2, -0.15) is 0 Å². The summed E-state index contributed by atoms with van der Waals surface area (Å²) in [5.74, 6) is 0. The molecule has 0 bridgehead atoms. The molecule has 0 aromatic carbocycles. The molecule has 0 saturated carbocycles. The van der Waals surface area contributed by atoms with Crippen LogP contribution < -0.4 is 0 Å². The Morgan fingerprint density at radius 1 is 1.45 bits per heavy atom. The minimum atomic E-state index is 0.277. The molecular formula is C9H19NO. The molecule has 1 aliphatic heterocycles. The maximum atomic E-state index is 5.35. The van der Waals surface area contributed by atoms with Gasteiger partial charge in [0.1, 0.15) is 0 Å². The molecule has 2 heteroatoms. The first-order chi connectivity index (χ1) is 5.00. The lowest BCUT2D eigenvalue weighted by Crippen LogP contribution is -2.46. The molecule has 0 aromatic rings. The molecule has 0 amide bonds. The fraction of sp³-hybridized carbons (Fsp3) is 1.00. The van der Waals surface area contributed by atoms with E-state index in [9.17, 15) is 0 Å². The van der Waals surface area contributed by atoms with Crippen LogP contribution in [0.15, 0.2) is 0 Å². The van der Waals surface area contributed by atoms with Crippen molar-refractivity contribution in [3.05, 3.63) is 0 Å². The number of likely N-dealkylation sites (N-methyl/N-ethyl adjacent to an activating group) is 1. The van der Waals surface area contributed by atoms with Crippen molar-refractivity contribution < 1.29 is 4.74 Å². The van der Waals surface area contributed by atoms with E-state index in [2.05, 4.69) is 32.7 Å². The number of hydrogen-bond donors (Lipinski definition) is 0. The fourth-order valence-electron chi connectivity index (χ4n) is 1.01. The lowest BCUT2D eigenvalue weighted by Gasteiger charge is -2.37. The molecule has 1 heterocycles. The Labute approximate surface area is 69.5 Å². The van der Waals surface area contributed by atoms with E-state index in [4.69, 9.17) is 4.74 Å². The number of ether oxygens (including phenoxy) is 1. The van der Waals surface area contributed by atoms with Gasteiger partial charge in [-0.05, 0) is 34.2 Å². The first-order valence-electron chi connectivity index (χ1n) is 4.33. The Hall–Kier alpha value is -0.0800. The summed E-state index contributed by atoms with van der Waals surface area (Å²) < 4.78 is 5.35. The Morgan fingerprint density at radius 3 is 2.27 bits per heavy atom. The number of nitrogens with zero attached hydrogens (tertiary/aromatic N) is 1. The molecule has 0 aliphatic carbocycles. The van der Waals surface area contributed by atoms with Crippen molar-refractivity contribution in [1.82, 2.24) is 4.90 Å². The summed E-state index contributed by atoms with van der Waals surface area (Å²) in [7, 11) is 2.15. The Balaban J connectivity index is 2.24. The van der Waals surface area contributed by atoms with Crippen molar-refractivity contribution in [2.24, 2.45) is 0 Å². The molecule has 1 saturated heterocycles. The maximum absolute atomic E-state index is 5.35. The van der Waals surface area contributed by atoms with Crippen molar-refractivity contribution in [1.29, 1.82) is 0 Å². The summed E-state index contributed by atoms with van der Waals surface area (Å²) >= 11 is 0. The lowest BCUT2D eigenvalue weighted by molar-refractivity contribution is -0.0733. The predicted octanol–water partition coefficient (Wildman–Crippen LogP) is 1.51. The summed E-state index contributed by atoms with van der Waals surface area (Å²) in [6, 6.07) is 0. The van der Waals surface area contributed by atoms with E-state index in [-0.39, 0.29) is 5.54 Å². The van der Waals surface area contributed by atoms with Gasteiger partial charge < -0.3 is 4.74 Å². The number of rotatable bonds is 2. The van der Waals surface area contributed by atoms with Gasteiger partial charge in [-0.3, -0.25) is 4.90 Å². The molecule has 0 radical (unpaired) electrons. The maximum Gasteiger partial charge on any atom is 0.0724 e. The second-order valence-electron chi connectivity index (χ2n) is 4.33. The van der Waals surface area contributed by atoms with Crippen LogP contribution in [0.3, 0.4) is 0 Å². The highest BCUT2D eigenvalue weighted by Gasteiger charge is 2.24. The largest absolute Gasteiger partial charge is 0.377 e. The SMILES string of the molecule is CN(C[C@@H]1CCO1)C(C)(C)C. The normalized spacial score (nSPS) is 25.4. The smallest absolute Gasteiger partial charge is 0.0724 e. The van der Waals surface area contributed by atoms with Crippen LogP contribution in [0, 0.1) is 0 Å². The third-order valence-electron chi connectivity index (χ3n) is 2.42. The summed E-state index contributed by atoms with van der Waals surface area (Å²) in [5.41, 5.74) is 0.277. The van der Waals surface area contributed by atoms with E-state index < -0.39 is 0 Å². The third kappa shape index (κ3) is 2.46. The Kier molecular flexibility index (Phi) is 2.55. The lowest BCUT2D eigenvalue weighted by atomic mass is 10.1. The second kappa shape index (κ2) is 3.11. The number of hydrogen-bond acceptors (Lipinski definition) is 2. The summed E-state index contributed by atoms with van der Waals surface area (Å²) in [6.45, 7) is 8.72. The molecule has 0 N–H and O–H groups in total. The van der Waals surface area contributed by atoms with Crippen LogP contribution >= 0.6 is 0 Å². The van der Waals surface area contributed by atoms with Crippen molar-refractivity contribution in [2.75, 3.05) is 20.2 Å². The topological polar surface area (TPSA) is 12.5 Å². The van der Waals surface area contributed by atoms with Gasteiger partial charge in [-0.15, -0.1) is 0 Å². The minimum Gasteiger partial charge on any atom is -0.377 e. The zero-order valence-electron chi connectivity index (χ0n) is 8.05. The zero-order valence-corrected chi connectivity index (χ0v) is 8.05. The van der Waals surface area contributed by atoms with Crippen molar-refractivity contribution in [3.8, 4) is 0 Å². The van der Waals surface area contributed by atoms with Gasteiger partial charge in [-0.1, -0.05) is 0 Å². The van der Waals surface area contributed by atoms with Gasteiger partial charge in [0.2, 0.25) is 0 Å². The Bertz CT molecular complexity index is 124. The average Bonchev–Trinajstić information content (AvgIpc) is 1.75. The molecule has 1 rings (SSSR count). The molecule has 11 heavy (non-hydrogen) atoms. The third-order valence-corrected chi connectivity index (χ3v) is 2.42. The van der Waals surface area contributed by atoms with Crippen molar-refractivity contribution in [3.63, 3.8) is 0 Å². The average molecular weight is 157 g/mol. The van der Waals surface area contributed by atoms with E-state index in [1.807, 2.05) is 0 Å². The molecule has 1 aliphatic rings. The van der Waals surface area contributed by atoms with Crippen LogP contribution in [0.2, 0.25) is 0 Å².